The van der Waals surface area contributed by atoms with Gasteiger partial charge in [0.2, 0.25) is 0 Å². The topological polar surface area (TPSA) is 93.5 Å². The van der Waals surface area contributed by atoms with Gasteiger partial charge in [-0.05, 0) is 32.0 Å². The molecule has 0 atom stereocenters. The van der Waals surface area contributed by atoms with Crippen molar-refractivity contribution in [3.8, 4) is 5.75 Å². The number of rotatable bonds is 6. The van der Waals surface area contributed by atoms with Crippen LogP contribution in [0.4, 0.5) is 5.82 Å². The average Bonchev–Trinajstić information content (AvgIpc) is 2.84. The Morgan fingerprint density at radius 3 is 2.78 bits per heavy atom. The maximum absolute atomic E-state index is 12.3. The van der Waals surface area contributed by atoms with E-state index in [1.807, 2.05) is 0 Å². The van der Waals surface area contributed by atoms with Gasteiger partial charge in [-0.1, -0.05) is 17.7 Å². The molecule has 0 radical (unpaired) electrons. The van der Waals surface area contributed by atoms with Gasteiger partial charge in [-0.2, -0.15) is 5.10 Å². The Morgan fingerprint density at radius 1 is 1.39 bits per heavy atom. The first-order valence-corrected chi connectivity index (χ1v) is 7.15. The van der Waals surface area contributed by atoms with Gasteiger partial charge in [0.1, 0.15) is 12.3 Å². The van der Waals surface area contributed by atoms with Gasteiger partial charge in [-0.25, -0.2) is 0 Å². The van der Waals surface area contributed by atoms with Gasteiger partial charge in [-0.15, -0.1) is 0 Å². The fourth-order valence-electron chi connectivity index (χ4n) is 1.79. The summed E-state index contributed by atoms with van der Waals surface area (Å²) in [4.78, 5) is 22.9. The van der Waals surface area contributed by atoms with Crippen LogP contribution < -0.4 is 10.1 Å². The largest absolute Gasteiger partial charge is 0.480 e. The molecule has 0 aliphatic heterocycles. The van der Waals surface area contributed by atoms with Crippen LogP contribution in [-0.2, 0) is 16.1 Å². The summed E-state index contributed by atoms with van der Waals surface area (Å²) in [5.74, 6) is -0.721. The second-order valence-electron chi connectivity index (χ2n) is 5.32. The van der Waals surface area contributed by atoms with E-state index in [-0.39, 0.29) is 12.4 Å². The van der Waals surface area contributed by atoms with Gasteiger partial charge in [0, 0.05) is 17.3 Å². The first-order chi connectivity index (χ1) is 10.8. The van der Waals surface area contributed by atoms with Crippen molar-refractivity contribution in [2.75, 3.05) is 5.32 Å². The molecular formula is C15H16ClN3O4. The number of nitrogens with zero attached hydrogens (tertiary/aromatic N) is 2. The summed E-state index contributed by atoms with van der Waals surface area (Å²) in [5, 5.41) is 15.7. The van der Waals surface area contributed by atoms with Crippen LogP contribution >= 0.6 is 11.6 Å². The van der Waals surface area contributed by atoms with E-state index in [2.05, 4.69) is 10.4 Å². The van der Waals surface area contributed by atoms with Crippen LogP contribution in [0.5, 0.6) is 5.75 Å². The molecule has 1 aromatic heterocycles. The zero-order chi connectivity index (χ0) is 17.0. The maximum Gasteiger partial charge on any atom is 0.325 e. The van der Waals surface area contributed by atoms with Crippen molar-refractivity contribution >= 4 is 29.3 Å². The molecule has 0 bridgehead atoms. The van der Waals surface area contributed by atoms with Crippen LogP contribution in [0.3, 0.4) is 0 Å². The predicted octanol–water partition coefficient (Wildman–Crippen LogP) is 2.42. The second kappa shape index (κ2) is 6.70. The first kappa shape index (κ1) is 16.8. The minimum atomic E-state index is -1.17. The molecular weight excluding hydrogens is 322 g/mol. The van der Waals surface area contributed by atoms with E-state index in [9.17, 15) is 9.59 Å². The van der Waals surface area contributed by atoms with E-state index >= 15 is 0 Å². The van der Waals surface area contributed by atoms with Gasteiger partial charge < -0.3 is 15.2 Å². The van der Waals surface area contributed by atoms with Crippen LogP contribution in [0.1, 0.15) is 13.8 Å². The third-order valence-electron chi connectivity index (χ3n) is 2.90. The lowest BCUT2D eigenvalue weighted by atomic mass is 10.1. The molecule has 8 heteroatoms. The van der Waals surface area contributed by atoms with Gasteiger partial charge in [-0.3, -0.25) is 14.3 Å². The smallest absolute Gasteiger partial charge is 0.325 e. The van der Waals surface area contributed by atoms with E-state index < -0.39 is 17.5 Å². The van der Waals surface area contributed by atoms with E-state index in [0.29, 0.717) is 10.8 Å². The SMILES string of the molecule is CC(C)(Oc1cccc(Cl)c1)C(=O)Nc1ccn(CC(=O)O)n1. The van der Waals surface area contributed by atoms with Gasteiger partial charge in [0.25, 0.3) is 5.91 Å². The number of benzene rings is 1. The number of anilines is 1. The molecule has 2 rings (SSSR count). The van der Waals surface area contributed by atoms with Crippen LogP contribution in [0.2, 0.25) is 5.02 Å². The van der Waals surface area contributed by atoms with Crippen LogP contribution in [0.15, 0.2) is 36.5 Å². The Morgan fingerprint density at radius 2 is 2.13 bits per heavy atom. The number of hydrogen-bond acceptors (Lipinski definition) is 4. The third kappa shape index (κ3) is 4.72. The van der Waals surface area contributed by atoms with Crippen molar-refractivity contribution < 1.29 is 19.4 Å². The molecule has 2 N–H and O–H groups in total. The van der Waals surface area contributed by atoms with Crippen molar-refractivity contribution in [1.29, 1.82) is 0 Å². The zero-order valence-corrected chi connectivity index (χ0v) is 13.4. The van der Waals surface area contributed by atoms with E-state index in [1.165, 1.54) is 16.9 Å². The van der Waals surface area contributed by atoms with Crippen molar-refractivity contribution in [3.05, 3.63) is 41.6 Å². The molecule has 0 spiro atoms. The number of hydrogen-bond donors (Lipinski definition) is 2. The number of carbonyl (C=O) groups excluding carboxylic acids is 1. The normalized spacial score (nSPS) is 11.1. The summed E-state index contributed by atoms with van der Waals surface area (Å²) in [6, 6.07) is 8.24. The molecule has 0 aliphatic rings. The maximum atomic E-state index is 12.3. The monoisotopic (exact) mass is 337 g/mol. The Hall–Kier alpha value is -2.54. The standard InChI is InChI=1S/C15H16ClN3O4/c1-15(2,23-11-5-3-4-10(16)8-11)14(22)17-12-6-7-19(18-12)9-13(20)21/h3-8H,9H2,1-2H3,(H,20,21)(H,17,18,22). The number of carbonyl (C=O) groups is 2. The number of nitrogens with one attached hydrogen (secondary N) is 1. The van der Waals surface area contributed by atoms with Gasteiger partial charge >= 0.3 is 5.97 Å². The lowest BCUT2D eigenvalue weighted by Crippen LogP contribution is -2.42. The Kier molecular flexibility index (Phi) is 4.90. The molecule has 1 heterocycles. The Bertz CT molecular complexity index is 727. The number of aliphatic carboxylic acids is 1. The van der Waals surface area contributed by atoms with Crippen molar-refractivity contribution in [3.63, 3.8) is 0 Å². The number of ether oxygens (including phenoxy) is 1. The van der Waals surface area contributed by atoms with Gasteiger partial charge in [0.05, 0.1) is 0 Å². The molecule has 1 aromatic carbocycles. The molecule has 0 aliphatic carbocycles. The fraction of sp³-hybridized carbons (Fsp3) is 0.267. The molecule has 122 valence electrons. The highest BCUT2D eigenvalue weighted by Gasteiger charge is 2.30. The highest BCUT2D eigenvalue weighted by atomic mass is 35.5. The molecule has 0 saturated heterocycles. The van der Waals surface area contributed by atoms with Crippen molar-refractivity contribution in [2.24, 2.45) is 0 Å². The van der Waals surface area contributed by atoms with Crippen LogP contribution in [0.25, 0.3) is 0 Å². The second-order valence-corrected chi connectivity index (χ2v) is 5.75. The number of amides is 1. The molecule has 7 nitrogen and oxygen atoms in total. The van der Waals surface area contributed by atoms with E-state index in [1.54, 1.807) is 38.1 Å². The summed E-state index contributed by atoms with van der Waals surface area (Å²) in [7, 11) is 0. The van der Waals surface area contributed by atoms with E-state index in [0.717, 1.165) is 0 Å². The quantitative estimate of drug-likeness (QED) is 0.844. The zero-order valence-electron chi connectivity index (χ0n) is 12.6. The minimum absolute atomic E-state index is 0.249. The first-order valence-electron chi connectivity index (χ1n) is 6.77. The number of halogens is 1. The number of aromatic nitrogens is 2. The van der Waals surface area contributed by atoms with Crippen molar-refractivity contribution in [2.45, 2.75) is 26.0 Å². The lowest BCUT2D eigenvalue weighted by Gasteiger charge is -2.24. The molecule has 2 aromatic rings. The van der Waals surface area contributed by atoms with Crippen LogP contribution in [-0.4, -0.2) is 32.4 Å². The summed E-state index contributed by atoms with van der Waals surface area (Å²) in [6.07, 6.45) is 1.47. The summed E-state index contributed by atoms with van der Waals surface area (Å²) in [6.45, 7) is 2.94. The molecule has 0 fully saturated rings. The predicted molar refractivity (Wildman–Crippen MR) is 84.7 cm³/mol. The summed E-state index contributed by atoms with van der Waals surface area (Å²) in [5.41, 5.74) is -1.17. The Balaban J connectivity index is 2.03. The van der Waals surface area contributed by atoms with Crippen molar-refractivity contribution in [1.82, 2.24) is 9.78 Å². The molecule has 0 saturated carbocycles. The minimum Gasteiger partial charge on any atom is -0.480 e. The summed E-state index contributed by atoms with van der Waals surface area (Å²) >= 11 is 5.89. The fourth-order valence-corrected chi connectivity index (χ4v) is 1.97. The van der Waals surface area contributed by atoms with Crippen LogP contribution in [0, 0.1) is 0 Å². The third-order valence-corrected chi connectivity index (χ3v) is 3.13. The van der Waals surface area contributed by atoms with E-state index in [4.69, 9.17) is 21.4 Å². The number of carboxylic acids is 1. The Labute approximate surface area is 137 Å². The highest BCUT2D eigenvalue weighted by Crippen LogP contribution is 2.23. The highest BCUT2D eigenvalue weighted by molar-refractivity contribution is 6.30. The molecule has 23 heavy (non-hydrogen) atoms. The molecule has 1 amide bonds. The molecule has 0 unspecified atom stereocenters. The summed E-state index contributed by atoms with van der Waals surface area (Å²) < 4.78 is 6.87. The lowest BCUT2D eigenvalue weighted by molar-refractivity contribution is -0.137. The number of carboxylic acid groups (broad SMARTS) is 1. The average molecular weight is 338 g/mol. The van der Waals surface area contributed by atoms with Gasteiger partial charge in [0.15, 0.2) is 11.4 Å².